The second-order valence-electron chi connectivity index (χ2n) is 7.64. The van der Waals surface area contributed by atoms with Crippen LogP contribution in [0.4, 0.5) is 5.82 Å². The summed E-state index contributed by atoms with van der Waals surface area (Å²) in [5.74, 6) is -0.593. The quantitative estimate of drug-likeness (QED) is 0.499. The van der Waals surface area contributed by atoms with Crippen LogP contribution in [0, 0.1) is 5.92 Å². The number of fused-ring (bicyclic) bond motifs is 1. The van der Waals surface area contributed by atoms with E-state index in [2.05, 4.69) is 15.3 Å². The fourth-order valence-electron chi connectivity index (χ4n) is 4.19. The predicted molar refractivity (Wildman–Crippen MR) is 109 cm³/mol. The maximum absolute atomic E-state index is 13.2. The van der Waals surface area contributed by atoms with Crippen LogP contribution in [0.25, 0.3) is 10.9 Å². The van der Waals surface area contributed by atoms with Crippen molar-refractivity contribution in [2.24, 2.45) is 5.92 Å². The van der Waals surface area contributed by atoms with Gasteiger partial charge in [0.15, 0.2) is 0 Å². The molecule has 0 aliphatic heterocycles. The number of aromatic nitrogens is 2. The molecule has 0 spiro atoms. The molecule has 29 heavy (non-hydrogen) atoms. The first-order valence-corrected chi connectivity index (χ1v) is 9.81. The summed E-state index contributed by atoms with van der Waals surface area (Å²) in [6, 6.07) is 8.02. The Kier molecular flexibility index (Phi) is 5.20. The Morgan fingerprint density at radius 2 is 2.00 bits per heavy atom. The molecule has 1 saturated carbocycles. The number of nitrogens with zero attached hydrogens (tertiary/aromatic N) is 1. The second kappa shape index (κ2) is 7.95. The fraction of sp³-hybridized carbons (Fsp3) is 0.318. The number of pyridine rings is 1. The van der Waals surface area contributed by atoms with E-state index >= 15 is 0 Å². The lowest BCUT2D eigenvalue weighted by molar-refractivity contribution is -0.118. The topological polar surface area (TPSA) is 115 Å². The number of carboxylic acids is 1. The fourth-order valence-corrected chi connectivity index (χ4v) is 4.19. The van der Waals surface area contributed by atoms with E-state index in [4.69, 9.17) is 5.11 Å². The Morgan fingerprint density at radius 3 is 2.69 bits per heavy atom. The third-order valence-corrected chi connectivity index (χ3v) is 5.69. The van der Waals surface area contributed by atoms with Gasteiger partial charge in [0.1, 0.15) is 11.6 Å². The standard InChI is InChI=1S/C22H23N3O4/c26-15-6-7-16-18(12-23-19(16)10-15)17(9-13-3-1-2-4-13)21(27)25-20-8-5-14(11-24-20)22(28)29/h5-8,10-13,17,23,26H,1-4,9H2,(H,28,29)(H,24,25,27). The highest BCUT2D eigenvalue weighted by Gasteiger charge is 2.29. The van der Waals surface area contributed by atoms with Crippen molar-refractivity contribution in [1.82, 2.24) is 9.97 Å². The first-order chi connectivity index (χ1) is 14.0. The van der Waals surface area contributed by atoms with Gasteiger partial charge >= 0.3 is 5.97 Å². The van der Waals surface area contributed by atoms with Crippen molar-refractivity contribution in [3.63, 3.8) is 0 Å². The number of carbonyl (C=O) groups is 2. The number of amides is 1. The highest BCUT2D eigenvalue weighted by Crippen LogP contribution is 2.37. The second-order valence-corrected chi connectivity index (χ2v) is 7.64. The minimum Gasteiger partial charge on any atom is -0.508 e. The molecule has 4 N–H and O–H groups in total. The van der Waals surface area contributed by atoms with Gasteiger partial charge in [0, 0.05) is 29.4 Å². The van der Waals surface area contributed by atoms with Gasteiger partial charge in [-0.25, -0.2) is 9.78 Å². The predicted octanol–water partition coefficient (Wildman–Crippen LogP) is 4.27. The number of hydrogen-bond acceptors (Lipinski definition) is 4. The van der Waals surface area contributed by atoms with Gasteiger partial charge in [0.2, 0.25) is 5.91 Å². The lowest BCUT2D eigenvalue weighted by atomic mass is 9.87. The third-order valence-electron chi connectivity index (χ3n) is 5.69. The van der Waals surface area contributed by atoms with Crippen LogP contribution in [0.1, 0.15) is 53.9 Å². The molecule has 1 aliphatic carbocycles. The maximum Gasteiger partial charge on any atom is 0.337 e. The highest BCUT2D eigenvalue weighted by molar-refractivity contribution is 5.99. The number of aromatic amines is 1. The number of rotatable bonds is 6. The molecule has 0 saturated heterocycles. The molecular formula is C22H23N3O4. The molecule has 7 heteroatoms. The van der Waals surface area contributed by atoms with Crippen LogP contribution in [0.2, 0.25) is 0 Å². The molecule has 2 heterocycles. The number of hydrogen-bond donors (Lipinski definition) is 4. The average molecular weight is 393 g/mol. The summed E-state index contributed by atoms with van der Waals surface area (Å²) in [7, 11) is 0. The largest absolute Gasteiger partial charge is 0.508 e. The lowest BCUT2D eigenvalue weighted by Crippen LogP contribution is -2.23. The van der Waals surface area contributed by atoms with Crippen molar-refractivity contribution >= 4 is 28.6 Å². The van der Waals surface area contributed by atoms with E-state index in [1.165, 1.54) is 31.2 Å². The molecule has 1 aliphatic rings. The van der Waals surface area contributed by atoms with Crippen molar-refractivity contribution in [3.05, 3.63) is 53.9 Å². The maximum atomic E-state index is 13.2. The first kappa shape index (κ1) is 19.0. The van der Waals surface area contributed by atoms with Crippen LogP contribution in [-0.2, 0) is 4.79 Å². The van der Waals surface area contributed by atoms with Crippen LogP contribution in [0.5, 0.6) is 5.75 Å². The Hall–Kier alpha value is -3.35. The van der Waals surface area contributed by atoms with Gasteiger partial charge in [-0.15, -0.1) is 0 Å². The monoisotopic (exact) mass is 393 g/mol. The molecule has 3 aromatic rings. The SMILES string of the molecule is O=C(O)c1ccc(NC(=O)C(CC2CCCC2)c2c[nH]c3cc(O)ccc23)nc1. The van der Waals surface area contributed by atoms with Crippen LogP contribution in [-0.4, -0.2) is 32.1 Å². The van der Waals surface area contributed by atoms with Crippen LogP contribution < -0.4 is 5.32 Å². The van der Waals surface area contributed by atoms with E-state index < -0.39 is 5.97 Å². The van der Waals surface area contributed by atoms with E-state index in [0.29, 0.717) is 11.7 Å². The minimum absolute atomic E-state index is 0.0712. The molecule has 1 amide bonds. The Bertz CT molecular complexity index is 1040. The van der Waals surface area contributed by atoms with Crippen LogP contribution in [0.15, 0.2) is 42.7 Å². The average Bonchev–Trinajstić information content (AvgIpc) is 3.35. The molecular weight excluding hydrogens is 370 g/mol. The molecule has 4 rings (SSSR count). The van der Waals surface area contributed by atoms with Gasteiger partial charge in [-0.1, -0.05) is 25.7 Å². The molecule has 0 radical (unpaired) electrons. The minimum atomic E-state index is -1.06. The smallest absolute Gasteiger partial charge is 0.337 e. The molecule has 1 atom stereocenters. The third kappa shape index (κ3) is 4.08. The molecule has 1 aromatic carbocycles. The van der Waals surface area contributed by atoms with Gasteiger partial charge in [-0.2, -0.15) is 0 Å². The van der Waals surface area contributed by atoms with Gasteiger partial charge < -0.3 is 20.5 Å². The number of aromatic hydroxyl groups is 1. The number of phenolic OH excluding ortho intramolecular Hbond substituents is 1. The van der Waals surface area contributed by atoms with Gasteiger partial charge in [0.25, 0.3) is 0 Å². The molecule has 7 nitrogen and oxygen atoms in total. The number of aromatic carboxylic acids is 1. The number of benzene rings is 1. The first-order valence-electron chi connectivity index (χ1n) is 9.81. The van der Waals surface area contributed by atoms with E-state index in [9.17, 15) is 14.7 Å². The van der Waals surface area contributed by atoms with Crippen LogP contribution >= 0.6 is 0 Å². The summed E-state index contributed by atoms with van der Waals surface area (Å²) in [5.41, 5.74) is 1.75. The van der Waals surface area contributed by atoms with E-state index in [1.54, 1.807) is 12.1 Å². The Labute approximate surface area is 167 Å². The number of phenols is 1. The number of anilines is 1. The zero-order valence-corrected chi connectivity index (χ0v) is 15.9. The normalized spacial score (nSPS) is 15.4. The zero-order chi connectivity index (χ0) is 20.4. The molecule has 1 unspecified atom stereocenters. The number of H-pyrrole nitrogens is 1. The molecule has 1 fully saturated rings. The summed E-state index contributed by atoms with van der Waals surface area (Å²) >= 11 is 0. The molecule has 150 valence electrons. The van der Waals surface area contributed by atoms with Crippen molar-refractivity contribution < 1.29 is 19.8 Å². The zero-order valence-electron chi connectivity index (χ0n) is 15.9. The summed E-state index contributed by atoms with van der Waals surface area (Å²) in [6.07, 6.45) is 8.45. The van der Waals surface area contributed by atoms with E-state index in [-0.39, 0.29) is 23.1 Å². The summed E-state index contributed by atoms with van der Waals surface area (Å²) in [6.45, 7) is 0. The number of nitrogens with one attached hydrogen (secondary N) is 2. The summed E-state index contributed by atoms with van der Waals surface area (Å²) < 4.78 is 0. The van der Waals surface area contributed by atoms with Crippen molar-refractivity contribution in [3.8, 4) is 5.75 Å². The summed E-state index contributed by atoms with van der Waals surface area (Å²) in [5, 5.41) is 22.5. The van der Waals surface area contributed by atoms with Crippen molar-refractivity contribution in [1.29, 1.82) is 0 Å². The van der Waals surface area contributed by atoms with E-state index in [0.717, 1.165) is 35.7 Å². The van der Waals surface area contributed by atoms with Gasteiger partial charge in [0.05, 0.1) is 11.5 Å². The van der Waals surface area contributed by atoms with Crippen LogP contribution in [0.3, 0.4) is 0 Å². The Balaban J connectivity index is 1.62. The van der Waals surface area contributed by atoms with Gasteiger partial charge in [-0.3, -0.25) is 4.79 Å². The lowest BCUT2D eigenvalue weighted by Gasteiger charge is -2.20. The number of carbonyl (C=O) groups excluding carboxylic acids is 1. The highest BCUT2D eigenvalue weighted by atomic mass is 16.4. The van der Waals surface area contributed by atoms with Crippen molar-refractivity contribution in [2.75, 3.05) is 5.32 Å². The van der Waals surface area contributed by atoms with Crippen molar-refractivity contribution in [2.45, 2.75) is 38.0 Å². The van der Waals surface area contributed by atoms with E-state index in [1.807, 2.05) is 12.3 Å². The summed E-state index contributed by atoms with van der Waals surface area (Å²) in [4.78, 5) is 31.4. The van der Waals surface area contributed by atoms with Gasteiger partial charge in [-0.05, 0) is 42.2 Å². The Morgan fingerprint density at radius 1 is 1.21 bits per heavy atom. The number of carboxylic acid groups (broad SMARTS) is 1. The molecule has 0 bridgehead atoms. The molecule has 2 aromatic heterocycles.